The van der Waals surface area contributed by atoms with Crippen LogP contribution in [0, 0.1) is 18.6 Å². The minimum Gasteiger partial charge on any atom is -0.376 e. The maximum atomic E-state index is 14.4. The van der Waals surface area contributed by atoms with Gasteiger partial charge in [-0.2, -0.15) is 5.10 Å². The van der Waals surface area contributed by atoms with Gasteiger partial charge in [0.2, 0.25) is 0 Å². The van der Waals surface area contributed by atoms with Gasteiger partial charge >= 0.3 is 0 Å². The van der Waals surface area contributed by atoms with E-state index in [-0.39, 0.29) is 11.8 Å². The molecule has 0 bridgehead atoms. The van der Waals surface area contributed by atoms with E-state index in [9.17, 15) is 8.78 Å². The van der Waals surface area contributed by atoms with Gasteiger partial charge in [-0.3, -0.25) is 4.90 Å². The van der Waals surface area contributed by atoms with Crippen molar-refractivity contribution in [1.82, 2.24) is 14.7 Å². The second-order valence-electron chi connectivity index (χ2n) is 7.62. The molecule has 158 valence electrons. The fraction of sp³-hybridized carbons (Fsp3) is 0.348. The number of nitrogens with zero attached hydrogens (tertiary/aromatic N) is 3. The average molecular weight is 413 g/mol. The molecule has 1 aliphatic heterocycles. The highest BCUT2D eigenvalue weighted by atomic mass is 19.1. The molecule has 0 spiro atoms. The molecule has 0 amide bonds. The smallest absolute Gasteiger partial charge is 0.151 e. The van der Waals surface area contributed by atoms with Crippen LogP contribution < -0.4 is 0 Å². The fourth-order valence-electron chi connectivity index (χ4n) is 3.73. The van der Waals surface area contributed by atoms with Crippen molar-refractivity contribution in [1.29, 1.82) is 0 Å². The van der Waals surface area contributed by atoms with Crippen molar-refractivity contribution < 1.29 is 18.3 Å². The molecule has 2 aromatic carbocycles. The van der Waals surface area contributed by atoms with Crippen LogP contribution in [-0.4, -0.2) is 54.2 Å². The molecule has 1 atom stereocenters. The highest BCUT2D eigenvalue weighted by molar-refractivity contribution is 5.66. The zero-order valence-electron chi connectivity index (χ0n) is 17.1. The van der Waals surface area contributed by atoms with Gasteiger partial charge in [-0.25, -0.2) is 13.5 Å². The summed E-state index contributed by atoms with van der Waals surface area (Å²) in [6.45, 7) is 5.15. The minimum atomic E-state index is -0.651. The SMILES string of the molecule is Cc1ccccc1-c1nn(-c2ccc(F)cc2F)cc1CN(C)C[C@H]1COCCO1. The van der Waals surface area contributed by atoms with E-state index in [0.29, 0.717) is 32.9 Å². The lowest BCUT2D eigenvalue weighted by atomic mass is 10.0. The first-order chi connectivity index (χ1) is 14.5. The molecule has 0 unspecified atom stereocenters. The largest absolute Gasteiger partial charge is 0.376 e. The molecule has 30 heavy (non-hydrogen) atoms. The molecule has 4 rings (SSSR count). The Hall–Kier alpha value is -2.61. The monoisotopic (exact) mass is 413 g/mol. The fourth-order valence-corrected chi connectivity index (χ4v) is 3.73. The van der Waals surface area contributed by atoms with Crippen LogP contribution in [0.3, 0.4) is 0 Å². The molecule has 0 aliphatic carbocycles. The zero-order chi connectivity index (χ0) is 21.1. The van der Waals surface area contributed by atoms with Gasteiger partial charge in [-0.15, -0.1) is 0 Å². The Morgan fingerprint density at radius 2 is 2.00 bits per heavy atom. The number of ether oxygens (including phenoxy) is 2. The van der Waals surface area contributed by atoms with E-state index in [1.807, 2.05) is 44.4 Å². The summed E-state index contributed by atoms with van der Waals surface area (Å²) in [7, 11) is 2.01. The molecule has 0 N–H and O–H groups in total. The number of likely N-dealkylation sites (N-methyl/N-ethyl adjacent to an activating group) is 1. The van der Waals surface area contributed by atoms with Crippen LogP contribution in [0.2, 0.25) is 0 Å². The minimum absolute atomic E-state index is 0.0234. The zero-order valence-corrected chi connectivity index (χ0v) is 17.1. The van der Waals surface area contributed by atoms with Crippen LogP contribution in [0.15, 0.2) is 48.7 Å². The summed E-state index contributed by atoms with van der Waals surface area (Å²) in [4.78, 5) is 2.14. The normalized spacial score (nSPS) is 16.9. The third-order valence-electron chi connectivity index (χ3n) is 5.19. The molecule has 0 radical (unpaired) electrons. The highest BCUT2D eigenvalue weighted by Gasteiger charge is 2.20. The summed E-state index contributed by atoms with van der Waals surface area (Å²) >= 11 is 0. The van der Waals surface area contributed by atoms with Crippen molar-refractivity contribution in [3.63, 3.8) is 0 Å². The van der Waals surface area contributed by atoms with E-state index in [1.165, 1.54) is 16.8 Å². The van der Waals surface area contributed by atoms with E-state index in [4.69, 9.17) is 9.47 Å². The molecule has 2 heterocycles. The lowest BCUT2D eigenvalue weighted by Gasteiger charge is -2.27. The van der Waals surface area contributed by atoms with Crippen LogP contribution >= 0.6 is 0 Å². The Morgan fingerprint density at radius 3 is 2.73 bits per heavy atom. The number of benzene rings is 2. The van der Waals surface area contributed by atoms with E-state index in [2.05, 4.69) is 10.00 Å². The standard InChI is InChI=1S/C23H25F2N3O2/c1-16-5-3-4-6-20(16)23-17(12-27(2)14-19-15-29-9-10-30-19)13-28(26-23)22-8-7-18(24)11-21(22)25/h3-8,11,13,19H,9-10,12,14-15H2,1-2H3/t19-/m0/s1. The summed E-state index contributed by atoms with van der Waals surface area (Å²) in [6.07, 6.45) is 1.84. The number of aromatic nitrogens is 2. The number of hydrogen-bond acceptors (Lipinski definition) is 4. The lowest BCUT2D eigenvalue weighted by molar-refractivity contribution is -0.0962. The van der Waals surface area contributed by atoms with Gasteiger partial charge in [0.15, 0.2) is 5.82 Å². The topological polar surface area (TPSA) is 39.5 Å². The number of rotatable bonds is 6. The van der Waals surface area contributed by atoms with Crippen LogP contribution in [0.5, 0.6) is 0 Å². The Bertz CT molecular complexity index is 1020. The van der Waals surface area contributed by atoms with Crippen molar-refractivity contribution in [3.8, 4) is 16.9 Å². The third kappa shape index (κ3) is 4.59. The van der Waals surface area contributed by atoms with Crippen molar-refractivity contribution in [3.05, 3.63) is 71.4 Å². The molecule has 1 fully saturated rings. The molecule has 1 aromatic heterocycles. The second kappa shape index (κ2) is 9.04. The van der Waals surface area contributed by atoms with Crippen LogP contribution in [0.4, 0.5) is 8.78 Å². The van der Waals surface area contributed by atoms with Crippen molar-refractivity contribution in [2.75, 3.05) is 33.4 Å². The molecule has 1 saturated heterocycles. The highest BCUT2D eigenvalue weighted by Crippen LogP contribution is 2.28. The van der Waals surface area contributed by atoms with Crippen molar-refractivity contribution in [2.45, 2.75) is 19.6 Å². The quantitative estimate of drug-likeness (QED) is 0.613. The Morgan fingerprint density at radius 1 is 1.17 bits per heavy atom. The van der Waals surface area contributed by atoms with Gasteiger partial charge in [0, 0.05) is 36.5 Å². The van der Waals surface area contributed by atoms with Crippen molar-refractivity contribution >= 4 is 0 Å². The van der Waals surface area contributed by atoms with E-state index < -0.39 is 11.6 Å². The van der Waals surface area contributed by atoms with Gasteiger partial charge in [-0.05, 0) is 31.7 Å². The number of halogens is 2. The average Bonchev–Trinajstić information content (AvgIpc) is 3.12. The summed E-state index contributed by atoms with van der Waals surface area (Å²) in [5.41, 5.74) is 4.01. The predicted octanol–water partition coefficient (Wildman–Crippen LogP) is 3.97. The molecule has 3 aromatic rings. The van der Waals surface area contributed by atoms with Crippen molar-refractivity contribution in [2.24, 2.45) is 0 Å². The van der Waals surface area contributed by atoms with Crippen LogP contribution in [0.1, 0.15) is 11.1 Å². The first kappa shape index (κ1) is 20.7. The molecule has 5 nitrogen and oxygen atoms in total. The summed E-state index contributed by atoms with van der Waals surface area (Å²) in [5.74, 6) is -1.27. The Labute approximate surface area is 174 Å². The summed E-state index contributed by atoms with van der Waals surface area (Å²) in [5, 5.41) is 4.67. The Balaban J connectivity index is 1.66. The molecular formula is C23H25F2N3O2. The number of aryl methyl sites for hydroxylation is 1. The first-order valence-electron chi connectivity index (χ1n) is 9.99. The van der Waals surface area contributed by atoms with E-state index >= 15 is 0 Å². The van der Waals surface area contributed by atoms with E-state index in [1.54, 1.807) is 0 Å². The van der Waals surface area contributed by atoms with Gasteiger partial charge in [0.05, 0.1) is 31.6 Å². The maximum absolute atomic E-state index is 14.4. The van der Waals surface area contributed by atoms with E-state index in [0.717, 1.165) is 28.5 Å². The summed E-state index contributed by atoms with van der Waals surface area (Å²) < 4.78 is 40.5. The van der Waals surface area contributed by atoms with Crippen LogP contribution in [0.25, 0.3) is 16.9 Å². The first-order valence-corrected chi connectivity index (χ1v) is 9.99. The van der Waals surface area contributed by atoms with Gasteiger partial charge in [-0.1, -0.05) is 24.3 Å². The second-order valence-corrected chi connectivity index (χ2v) is 7.62. The molecule has 7 heteroatoms. The molecule has 0 saturated carbocycles. The van der Waals surface area contributed by atoms with Gasteiger partial charge in [0.25, 0.3) is 0 Å². The van der Waals surface area contributed by atoms with Gasteiger partial charge in [0.1, 0.15) is 11.5 Å². The number of hydrogen-bond donors (Lipinski definition) is 0. The summed E-state index contributed by atoms with van der Waals surface area (Å²) in [6, 6.07) is 11.5. The maximum Gasteiger partial charge on any atom is 0.151 e. The Kier molecular flexibility index (Phi) is 6.22. The third-order valence-corrected chi connectivity index (χ3v) is 5.19. The predicted molar refractivity (Wildman–Crippen MR) is 111 cm³/mol. The van der Waals surface area contributed by atoms with Gasteiger partial charge < -0.3 is 9.47 Å². The molecular weight excluding hydrogens is 388 g/mol. The lowest BCUT2D eigenvalue weighted by Crippen LogP contribution is -2.38. The van der Waals surface area contributed by atoms with Crippen LogP contribution in [-0.2, 0) is 16.0 Å². The molecule has 1 aliphatic rings.